The molecule has 0 aliphatic heterocycles. The molecule has 0 aromatic heterocycles. The van der Waals surface area contributed by atoms with Gasteiger partial charge in [-0.2, -0.15) is 0 Å². The van der Waals surface area contributed by atoms with E-state index in [0.717, 1.165) is 6.42 Å². The Hall–Kier alpha value is -0.900. The van der Waals surface area contributed by atoms with Gasteiger partial charge in [0.2, 0.25) is 5.78 Å². The van der Waals surface area contributed by atoms with Gasteiger partial charge in [0.1, 0.15) is 0 Å². The standard InChI is InChI=1S/C14H26N2O2/c1-9(2)15-13(18)12(17)11(8-10-6-7-10)16-14(3,4)5/h9-11,16H,6-8H2,1-5H3,(H,15,18). The van der Waals surface area contributed by atoms with Crippen LogP contribution in [0.25, 0.3) is 0 Å². The molecule has 0 radical (unpaired) electrons. The molecule has 1 aliphatic carbocycles. The Labute approximate surface area is 110 Å². The third-order valence-electron chi connectivity index (χ3n) is 2.83. The van der Waals surface area contributed by atoms with Crippen LogP contribution in [0.15, 0.2) is 0 Å². The lowest BCUT2D eigenvalue weighted by Gasteiger charge is -2.27. The number of carbonyl (C=O) groups is 2. The molecular formula is C14H26N2O2. The van der Waals surface area contributed by atoms with Gasteiger partial charge in [0, 0.05) is 11.6 Å². The molecule has 0 aromatic rings. The van der Waals surface area contributed by atoms with E-state index in [9.17, 15) is 9.59 Å². The Kier molecular flexibility index (Phi) is 4.91. The van der Waals surface area contributed by atoms with E-state index in [2.05, 4.69) is 10.6 Å². The fourth-order valence-electron chi connectivity index (χ4n) is 1.93. The number of amides is 1. The van der Waals surface area contributed by atoms with Crippen molar-refractivity contribution in [2.45, 2.75) is 71.5 Å². The summed E-state index contributed by atoms with van der Waals surface area (Å²) in [5.74, 6) is -0.182. The molecule has 1 aliphatic rings. The quantitative estimate of drug-likeness (QED) is 0.708. The van der Waals surface area contributed by atoms with Crippen molar-refractivity contribution in [3.05, 3.63) is 0 Å². The summed E-state index contributed by atoms with van der Waals surface area (Å²) in [4.78, 5) is 23.9. The number of carbonyl (C=O) groups excluding carboxylic acids is 2. The van der Waals surface area contributed by atoms with Crippen LogP contribution < -0.4 is 10.6 Å². The van der Waals surface area contributed by atoms with Crippen LogP contribution in [0.2, 0.25) is 0 Å². The second-order valence-corrected chi connectivity index (χ2v) is 6.62. The van der Waals surface area contributed by atoms with Gasteiger partial charge in [-0.1, -0.05) is 12.8 Å². The van der Waals surface area contributed by atoms with E-state index < -0.39 is 5.91 Å². The minimum Gasteiger partial charge on any atom is -0.347 e. The number of rotatable bonds is 6. The molecule has 1 fully saturated rings. The summed E-state index contributed by atoms with van der Waals surface area (Å²) in [6.45, 7) is 9.76. The zero-order valence-electron chi connectivity index (χ0n) is 12.2. The second kappa shape index (κ2) is 5.83. The second-order valence-electron chi connectivity index (χ2n) is 6.62. The molecule has 0 saturated heterocycles. The molecule has 0 heterocycles. The number of nitrogens with one attached hydrogen (secondary N) is 2. The predicted octanol–water partition coefficient (Wildman–Crippen LogP) is 1.64. The highest BCUT2D eigenvalue weighted by atomic mass is 16.2. The molecule has 1 atom stereocenters. The number of Topliss-reactive ketones (excluding diaryl/α,β-unsaturated/α-hetero) is 1. The van der Waals surface area contributed by atoms with Gasteiger partial charge in [-0.15, -0.1) is 0 Å². The first kappa shape index (κ1) is 15.2. The SMILES string of the molecule is CC(C)NC(=O)C(=O)C(CC1CC1)NC(C)(C)C. The Morgan fingerprint density at radius 1 is 1.22 bits per heavy atom. The molecular weight excluding hydrogens is 228 g/mol. The van der Waals surface area contributed by atoms with E-state index in [-0.39, 0.29) is 23.4 Å². The largest absolute Gasteiger partial charge is 0.347 e. The predicted molar refractivity (Wildman–Crippen MR) is 72.3 cm³/mol. The average molecular weight is 254 g/mol. The van der Waals surface area contributed by atoms with Crippen LogP contribution in [0.1, 0.15) is 53.9 Å². The average Bonchev–Trinajstić information content (AvgIpc) is 2.96. The Bertz CT molecular complexity index is 314. The minimum absolute atomic E-state index is 0.00217. The normalized spacial score (nSPS) is 17.7. The van der Waals surface area contributed by atoms with Crippen molar-refractivity contribution >= 4 is 11.7 Å². The van der Waals surface area contributed by atoms with E-state index in [4.69, 9.17) is 0 Å². The Balaban J connectivity index is 2.62. The number of hydrogen-bond donors (Lipinski definition) is 2. The van der Waals surface area contributed by atoms with E-state index in [0.29, 0.717) is 5.92 Å². The summed E-state index contributed by atoms with van der Waals surface area (Å²) in [5.41, 5.74) is -0.159. The third kappa shape index (κ3) is 5.63. The molecule has 1 amide bonds. The molecule has 2 N–H and O–H groups in total. The highest BCUT2D eigenvalue weighted by molar-refractivity contribution is 6.38. The number of ketones is 1. The van der Waals surface area contributed by atoms with Crippen molar-refractivity contribution in [1.29, 1.82) is 0 Å². The maximum absolute atomic E-state index is 12.1. The van der Waals surface area contributed by atoms with Crippen molar-refractivity contribution in [2.24, 2.45) is 5.92 Å². The van der Waals surface area contributed by atoms with E-state index in [1.54, 1.807) is 0 Å². The van der Waals surface area contributed by atoms with E-state index in [1.807, 2.05) is 34.6 Å². The van der Waals surface area contributed by atoms with Crippen molar-refractivity contribution in [2.75, 3.05) is 0 Å². The van der Waals surface area contributed by atoms with Crippen LogP contribution in [-0.4, -0.2) is 29.3 Å². The third-order valence-corrected chi connectivity index (χ3v) is 2.83. The first-order chi connectivity index (χ1) is 8.19. The zero-order valence-corrected chi connectivity index (χ0v) is 12.2. The zero-order chi connectivity index (χ0) is 13.9. The minimum atomic E-state index is -0.465. The summed E-state index contributed by atoms with van der Waals surface area (Å²) in [7, 11) is 0. The molecule has 0 bridgehead atoms. The van der Waals surface area contributed by atoms with Crippen molar-refractivity contribution in [3.63, 3.8) is 0 Å². The molecule has 1 unspecified atom stereocenters. The van der Waals surface area contributed by atoms with Gasteiger partial charge < -0.3 is 10.6 Å². The van der Waals surface area contributed by atoms with Crippen molar-refractivity contribution in [3.8, 4) is 0 Å². The number of hydrogen-bond acceptors (Lipinski definition) is 3. The molecule has 0 aromatic carbocycles. The maximum Gasteiger partial charge on any atom is 0.289 e. The molecule has 0 spiro atoms. The smallest absolute Gasteiger partial charge is 0.289 e. The molecule has 18 heavy (non-hydrogen) atoms. The van der Waals surface area contributed by atoms with Crippen molar-refractivity contribution < 1.29 is 9.59 Å². The van der Waals surface area contributed by atoms with Crippen molar-refractivity contribution in [1.82, 2.24) is 10.6 Å². The highest BCUT2D eigenvalue weighted by Crippen LogP contribution is 2.34. The van der Waals surface area contributed by atoms with Gasteiger partial charge >= 0.3 is 0 Å². The lowest BCUT2D eigenvalue weighted by molar-refractivity contribution is -0.139. The lowest BCUT2D eigenvalue weighted by Crippen LogP contribution is -2.52. The van der Waals surface area contributed by atoms with Gasteiger partial charge in [-0.25, -0.2) is 0 Å². The van der Waals surface area contributed by atoms with Gasteiger partial charge in [-0.3, -0.25) is 9.59 Å². The first-order valence-electron chi connectivity index (χ1n) is 6.81. The van der Waals surface area contributed by atoms with Crippen LogP contribution >= 0.6 is 0 Å². The topological polar surface area (TPSA) is 58.2 Å². The summed E-state index contributed by atoms with van der Waals surface area (Å²) in [6.07, 6.45) is 3.14. The summed E-state index contributed by atoms with van der Waals surface area (Å²) in [6, 6.07) is -0.353. The van der Waals surface area contributed by atoms with Crippen LogP contribution in [-0.2, 0) is 9.59 Å². The van der Waals surface area contributed by atoms with Crippen LogP contribution in [0, 0.1) is 5.92 Å². The molecule has 4 nitrogen and oxygen atoms in total. The van der Waals surface area contributed by atoms with Gasteiger partial charge in [0.25, 0.3) is 5.91 Å². The van der Waals surface area contributed by atoms with Crippen LogP contribution in [0.4, 0.5) is 0 Å². The summed E-state index contributed by atoms with van der Waals surface area (Å²) in [5, 5.41) is 5.95. The van der Waals surface area contributed by atoms with Gasteiger partial charge in [-0.05, 0) is 47.0 Å². The highest BCUT2D eigenvalue weighted by Gasteiger charge is 2.34. The Morgan fingerprint density at radius 3 is 2.17 bits per heavy atom. The summed E-state index contributed by atoms with van der Waals surface area (Å²) < 4.78 is 0. The van der Waals surface area contributed by atoms with Gasteiger partial charge in [0.05, 0.1) is 6.04 Å². The van der Waals surface area contributed by atoms with Gasteiger partial charge in [0.15, 0.2) is 0 Å². The fraction of sp³-hybridized carbons (Fsp3) is 0.857. The molecule has 104 valence electrons. The molecule has 1 saturated carbocycles. The summed E-state index contributed by atoms with van der Waals surface area (Å²) >= 11 is 0. The Morgan fingerprint density at radius 2 is 1.78 bits per heavy atom. The molecule has 4 heteroatoms. The lowest BCUT2D eigenvalue weighted by atomic mass is 10.00. The van der Waals surface area contributed by atoms with Crippen LogP contribution in [0.3, 0.4) is 0 Å². The van der Waals surface area contributed by atoms with E-state index in [1.165, 1.54) is 12.8 Å². The maximum atomic E-state index is 12.1. The monoisotopic (exact) mass is 254 g/mol. The molecule has 1 rings (SSSR count). The first-order valence-corrected chi connectivity index (χ1v) is 6.81. The van der Waals surface area contributed by atoms with E-state index >= 15 is 0 Å². The fourth-order valence-corrected chi connectivity index (χ4v) is 1.93. The van der Waals surface area contributed by atoms with Crippen LogP contribution in [0.5, 0.6) is 0 Å².